The Kier molecular flexibility index (Phi) is 4.51. The highest BCUT2D eigenvalue weighted by atomic mass is 79.9. The number of halogens is 1. The number of sulfonamides is 1. The first-order valence-corrected chi connectivity index (χ1v) is 7.79. The third-order valence-electron chi connectivity index (χ3n) is 1.86. The Hall–Kier alpha value is -0.930. The third kappa shape index (κ3) is 5.61. The van der Waals surface area contributed by atoms with Gasteiger partial charge in [0.2, 0.25) is 16.0 Å². The van der Waals surface area contributed by atoms with Crippen molar-refractivity contribution < 1.29 is 8.42 Å². The number of nitrogens with two attached hydrogens (primary N) is 1. The molecule has 0 aliphatic carbocycles. The second-order valence-corrected chi connectivity index (χ2v) is 7.11. The van der Waals surface area contributed by atoms with Gasteiger partial charge in [-0.15, -0.1) is 0 Å². The van der Waals surface area contributed by atoms with Crippen LogP contribution in [0.15, 0.2) is 10.7 Å². The highest BCUT2D eigenvalue weighted by Gasteiger charge is 2.22. The normalized spacial score (nSPS) is 12.4. The van der Waals surface area contributed by atoms with Gasteiger partial charge < -0.3 is 11.1 Å². The van der Waals surface area contributed by atoms with Crippen LogP contribution in [0.2, 0.25) is 0 Å². The molecule has 0 aliphatic rings. The molecule has 4 N–H and O–H groups in total. The van der Waals surface area contributed by atoms with Crippen molar-refractivity contribution in [2.24, 2.45) is 0 Å². The second-order valence-electron chi connectivity index (χ2n) is 4.55. The van der Waals surface area contributed by atoms with Gasteiger partial charge in [0.05, 0.1) is 6.26 Å². The Morgan fingerprint density at radius 1 is 1.44 bits per heavy atom. The molecule has 0 amide bonds. The van der Waals surface area contributed by atoms with E-state index in [-0.39, 0.29) is 0 Å². The van der Waals surface area contributed by atoms with E-state index in [2.05, 4.69) is 35.9 Å². The molecule has 1 heterocycles. The lowest BCUT2D eigenvalue weighted by Gasteiger charge is -2.25. The van der Waals surface area contributed by atoms with Crippen molar-refractivity contribution in [3.05, 3.63) is 10.7 Å². The highest BCUT2D eigenvalue weighted by molar-refractivity contribution is 9.10. The summed E-state index contributed by atoms with van der Waals surface area (Å²) in [5.41, 5.74) is 4.91. The summed E-state index contributed by atoms with van der Waals surface area (Å²) in [5, 5.41) is 2.93. The number of nitrogens with one attached hydrogen (secondary N) is 2. The molecule has 7 nitrogen and oxygen atoms in total. The van der Waals surface area contributed by atoms with E-state index in [1.165, 1.54) is 0 Å². The van der Waals surface area contributed by atoms with Crippen LogP contribution in [0, 0.1) is 0 Å². The standard InChI is InChI=1S/C9H16BrN5O2S/c1-9(2,15-18(3,16)17)5-12-8-13-6(10)4-7(11)14-8/h4,15H,5H2,1-3H3,(H3,11,12,13,14). The zero-order valence-electron chi connectivity index (χ0n) is 10.4. The molecule has 9 heteroatoms. The molecule has 0 fully saturated rings. The van der Waals surface area contributed by atoms with Gasteiger partial charge in [0, 0.05) is 18.2 Å². The molecule has 0 spiro atoms. The van der Waals surface area contributed by atoms with Gasteiger partial charge in [0.1, 0.15) is 10.4 Å². The molecule has 1 aromatic heterocycles. The summed E-state index contributed by atoms with van der Waals surface area (Å²) in [5.74, 6) is 0.665. The van der Waals surface area contributed by atoms with Crippen molar-refractivity contribution in [1.82, 2.24) is 14.7 Å². The topological polar surface area (TPSA) is 110 Å². The van der Waals surface area contributed by atoms with Crippen molar-refractivity contribution in [2.75, 3.05) is 23.9 Å². The lowest BCUT2D eigenvalue weighted by molar-refractivity contribution is 0.475. The monoisotopic (exact) mass is 337 g/mol. The first-order valence-electron chi connectivity index (χ1n) is 5.10. The van der Waals surface area contributed by atoms with Crippen LogP contribution in [0.1, 0.15) is 13.8 Å². The molecule has 0 saturated heterocycles. The maximum absolute atomic E-state index is 11.2. The van der Waals surface area contributed by atoms with Crippen LogP contribution in [0.4, 0.5) is 11.8 Å². The van der Waals surface area contributed by atoms with Crippen molar-refractivity contribution >= 4 is 37.7 Å². The number of nitrogens with zero attached hydrogens (tertiary/aromatic N) is 2. The van der Waals surface area contributed by atoms with Crippen LogP contribution in [-0.4, -0.2) is 36.7 Å². The molecule has 1 rings (SSSR count). The number of rotatable bonds is 5. The summed E-state index contributed by atoms with van der Waals surface area (Å²) in [6.07, 6.45) is 1.11. The van der Waals surface area contributed by atoms with Gasteiger partial charge in [-0.2, -0.15) is 4.98 Å². The van der Waals surface area contributed by atoms with E-state index in [0.717, 1.165) is 6.26 Å². The maximum atomic E-state index is 11.2. The summed E-state index contributed by atoms with van der Waals surface area (Å²) in [7, 11) is -3.27. The lowest BCUT2D eigenvalue weighted by atomic mass is 10.1. The van der Waals surface area contributed by atoms with Crippen molar-refractivity contribution in [3.63, 3.8) is 0 Å². The largest absolute Gasteiger partial charge is 0.383 e. The Morgan fingerprint density at radius 3 is 2.56 bits per heavy atom. The van der Waals surface area contributed by atoms with Gasteiger partial charge in [-0.3, -0.25) is 0 Å². The van der Waals surface area contributed by atoms with Crippen LogP contribution in [0.25, 0.3) is 0 Å². The molecule has 1 aromatic rings. The minimum atomic E-state index is -3.27. The van der Waals surface area contributed by atoms with Crippen LogP contribution in [0.5, 0.6) is 0 Å². The molecule has 0 saturated carbocycles. The molecule has 0 radical (unpaired) electrons. The number of hydrogen-bond acceptors (Lipinski definition) is 6. The number of nitrogen functional groups attached to an aromatic ring is 1. The number of aromatic nitrogens is 2. The lowest BCUT2D eigenvalue weighted by Crippen LogP contribution is -2.47. The smallest absolute Gasteiger partial charge is 0.225 e. The van der Waals surface area contributed by atoms with E-state index < -0.39 is 15.6 Å². The van der Waals surface area contributed by atoms with Gasteiger partial charge in [-0.25, -0.2) is 18.1 Å². The van der Waals surface area contributed by atoms with Crippen molar-refractivity contribution in [1.29, 1.82) is 0 Å². The Morgan fingerprint density at radius 2 is 2.06 bits per heavy atom. The first-order chi connectivity index (χ1) is 8.07. The molecule has 0 bridgehead atoms. The first kappa shape index (κ1) is 15.1. The Balaban J connectivity index is 2.69. The summed E-state index contributed by atoms with van der Waals surface area (Å²) >= 11 is 3.20. The average Bonchev–Trinajstić information content (AvgIpc) is 2.09. The van der Waals surface area contributed by atoms with Crippen LogP contribution in [-0.2, 0) is 10.0 Å². The Labute approximate surface area is 115 Å². The molecular weight excluding hydrogens is 322 g/mol. The number of hydrogen-bond donors (Lipinski definition) is 3. The van der Waals surface area contributed by atoms with Crippen LogP contribution >= 0.6 is 15.9 Å². The fourth-order valence-electron chi connectivity index (χ4n) is 1.35. The van der Waals surface area contributed by atoms with Gasteiger partial charge in [0.15, 0.2) is 0 Å². The summed E-state index contributed by atoms with van der Waals surface area (Å²) in [6.45, 7) is 3.83. The number of anilines is 2. The summed E-state index contributed by atoms with van der Waals surface area (Å²) in [6, 6.07) is 1.57. The van der Waals surface area contributed by atoms with E-state index >= 15 is 0 Å². The van der Waals surface area contributed by atoms with E-state index in [1.54, 1.807) is 19.9 Å². The maximum Gasteiger partial charge on any atom is 0.225 e. The molecule has 18 heavy (non-hydrogen) atoms. The fourth-order valence-corrected chi connectivity index (χ4v) is 2.83. The quantitative estimate of drug-likeness (QED) is 0.677. The summed E-state index contributed by atoms with van der Waals surface area (Å²) < 4.78 is 25.4. The van der Waals surface area contributed by atoms with Crippen LogP contribution < -0.4 is 15.8 Å². The Bertz CT molecular complexity index is 512. The van der Waals surface area contributed by atoms with Gasteiger partial charge in [-0.05, 0) is 29.8 Å². The zero-order chi connectivity index (χ0) is 14.0. The molecule has 0 aromatic carbocycles. The van der Waals surface area contributed by atoms with E-state index in [0.29, 0.717) is 22.9 Å². The minimum absolute atomic E-state index is 0.327. The van der Waals surface area contributed by atoms with Crippen LogP contribution in [0.3, 0.4) is 0 Å². The molecule has 0 aliphatic heterocycles. The summed E-state index contributed by atoms with van der Waals surface area (Å²) in [4.78, 5) is 8.05. The van der Waals surface area contributed by atoms with Crippen molar-refractivity contribution in [2.45, 2.75) is 19.4 Å². The van der Waals surface area contributed by atoms with Gasteiger partial charge in [-0.1, -0.05) is 0 Å². The van der Waals surface area contributed by atoms with Gasteiger partial charge in [0.25, 0.3) is 0 Å². The molecule has 0 unspecified atom stereocenters. The van der Waals surface area contributed by atoms with E-state index in [4.69, 9.17) is 5.73 Å². The second kappa shape index (κ2) is 5.37. The molecule has 102 valence electrons. The van der Waals surface area contributed by atoms with E-state index in [1.807, 2.05) is 0 Å². The van der Waals surface area contributed by atoms with E-state index in [9.17, 15) is 8.42 Å². The van der Waals surface area contributed by atoms with Crippen molar-refractivity contribution in [3.8, 4) is 0 Å². The molecular formula is C9H16BrN5O2S. The highest BCUT2D eigenvalue weighted by Crippen LogP contribution is 2.13. The minimum Gasteiger partial charge on any atom is -0.383 e. The predicted molar refractivity (Wildman–Crippen MR) is 74.7 cm³/mol. The van der Waals surface area contributed by atoms with Gasteiger partial charge >= 0.3 is 0 Å². The molecule has 0 atom stereocenters. The zero-order valence-corrected chi connectivity index (χ0v) is 12.8. The SMILES string of the molecule is CC(C)(CNc1nc(N)cc(Br)n1)NS(C)(=O)=O. The average molecular weight is 338 g/mol. The predicted octanol–water partition coefficient (Wildman–Crippen LogP) is 0.561. The fraction of sp³-hybridized carbons (Fsp3) is 0.556. The third-order valence-corrected chi connectivity index (χ3v) is 3.19.